The molecule has 0 atom stereocenters. The van der Waals surface area contributed by atoms with Crippen LogP contribution in [0, 0.1) is 18.8 Å². The quantitative estimate of drug-likeness (QED) is 0.430. The minimum absolute atomic E-state index is 0.0187. The van der Waals surface area contributed by atoms with Gasteiger partial charge < -0.3 is 9.22 Å². The fourth-order valence-electron chi connectivity index (χ4n) is 4.56. The van der Waals surface area contributed by atoms with E-state index in [2.05, 4.69) is 103 Å². The summed E-state index contributed by atoms with van der Waals surface area (Å²) in [4.78, 5) is 0. The molecule has 0 aliphatic heterocycles. The summed E-state index contributed by atoms with van der Waals surface area (Å²) < 4.78 is 7.31. The van der Waals surface area contributed by atoms with Gasteiger partial charge in [-0.1, -0.05) is 76.2 Å². The van der Waals surface area contributed by atoms with Gasteiger partial charge in [-0.15, -0.1) is 0 Å². The van der Waals surface area contributed by atoms with Gasteiger partial charge in [0.1, 0.15) is 24.4 Å². The van der Waals surface area contributed by atoms with Crippen molar-refractivity contribution in [1.82, 2.24) is 0 Å². The molecule has 0 unspecified atom stereocenters. The molecule has 0 bridgehead atoms. The lowest BCUT2D eigenvalue weighted by Gasteiger charge is -2.52. The first-order valence-corrected chi connectivity index (χ1v) is 10.8. The molecule has 0 heterocycles. The zero-order valence-electron chi connectivity index (χ0n) is 19.0. The molecule has 2 aromatic rings. The smallest absolute Gasteiger partial charge is 0.137 e. The molecular formula is C26H40NO+. The Labute approximate surface area is 173 Å². The molecule has 28 heavy (non-hydrogen) atoms. The van der Waals surface area contributed by atoms with E-state index in [1.807, 2.05) is 0 Å². The number of hydrogen-bond acceptors (Lipinski definition) is 1. The summed E-state index contributed by atoms with van der Waals surface area (Å²) in [6.07, 6.45) is 0. The van der Waals surface area contributed by atoms with Crippen LogP contribution < -0.4 is 4.74 Å². The highest BCUT2D eigenvalue weighted by molar-refractivity contribution is 5.31. The van der Waals surface area contributed by atoms with Crippen LogP contribution in [0.25, 0.3) is 0 Å². The van der Waals surface area contributed by atoms with Crippen LogP contribution in [0.1, 0.15) is 52.7 Å². The number of para-hydroxylation sites is 1. The molecule has 0 aromatic heterocycles. The Bertz CT molecular complexity index is 708. The maximum atomic E-state index is 6.27. The fourth-order valence-corrected chi connectivity index (χ4v) is 4.56. The van der Waals surface area contributed by atoms with Crippen molar-refractivity contribution in [1.29, 1.82) is 0 Å². The van der Waals surface area contributed by atoms with E-state index in [4.69, 9.17) is 4.74 Å². The summed E-state index contributed by atoms with van der Waals surface area (Å²) in [5.41, 5.74) is 2.63. The van der Waals surface area contributed by atoms with Crippen LogP contribution in [0.15, 0.2) is 54.6 Å². The highest BCUT2D eigenvalue weighted by atomic mass is 16.5. The van der Waals surface area contributed by atoms with E-state index in [9.17, 15) is 0 Å². The lowest BCUT2D eigenvalue weighted by Crippen LogP contribution is -2.64. The van der Waals surface area contributed by atoms with Gasteiger partial charge in [0.25, 0.3) is 0 Å². The van der Waals surface area contributed by atoms with Crippen molar-refractivity contribution >= 4 is 0 Å². The Hall–Kier alpha value is -1.80. The number of aryl methyl sites for hydroxylation is 1. The van der Waals surface area contributed by atoms with Crippen LogP contribution in [-0.2, 0) is 5.54 Å². The second kappa shape index (κ2) is 9.60. The topological polar surface area (TPSA) is 9.23 Å². The lowest BCUT2D eigenvalue weighted by molar-refractivity contribution is -0.985. The molecule has 2 rings (SSSR count). The molecule has 0 fully saturated rings. The summed E-state index contributed by atoms with van der Waals surface area (Å²) in [7, 11) is 0. The summed E-state index contributed by atoms with van der Waals surface area (Å²) in [5.74, 6) is 2.26. The molecule has 0 aliphatic carbocycles. The molecule has 2 nitrogen and oxygen atoms in total. The summed E-state index contributed by atoms with van der Waals surface area (Å²) in [6, 6.07) is 19.3. The molecule has 0 saturated carbocycles. The van der Waals surface area contributed by atoms with Gasteiger partial charge >= 0.3 is 0 Å². The van der Waals surface area contributed by atoms with Crippen molar-refractivity contribution < 1.29 is 9.22 Å². The van der Waals surface area contributed by atoms with Gasteiger partial charge in [0, 0.05) is 17.4 Å². The van der Waals surface area contributed by atoms with Crippen LogP contribution in [0.3, 0.4) is 0 Å². The zero-order valence-corrected chi connectivity index (χ0v) is 19.0. The third kappa shape index (κ3) is 5.38. The average molecular weight is 383 g/mol. The molecule has 154 valence electrons. The summed E-state index contributed by atoms with van der Waals surface area (Å²) in [6.45, 7) is 20.4. The van der Waals surface area contributed by atoms with Crippen LogP contribution in [0.2, 0.25) is 0 Å². The van der Waals surface area contributed by atoms with Crippen molar-refractivity contribution in [2.75, 3.05) is 26.2 Å². The Balaban J connectivity index is 2.35. The Kier molecular flexibility index (Phi) is 7.71. The van der Waals surface area contributed by atoms with Gasteiger partial charge in [-0.25, -0.2) is 0 Å². The van der Waals surface area contributed by atoms with E-state index in [-0.39, 0.29) is 5.54 Å². The molecule has 0 saturated heterocycles. The van der Waals surface area contributed by atoms with Gasteiger partial charge in [-0.05, 0) is 32.4 Å². The van der Waals surface area contributed by atoms with Crippen LogP contribution >= 0.6 is 0 Å². The van der Waals surface area contributed by atoms with Crippen LogP contribution in [-0.4, -0.2) is 30.7 Å². The van der Waals surface area contributed by atoms with Crippen molar-refractivity contribution in [2.45, 2.75) is 54.0 Å². The lowest BCUT2D eigenvalue weighted by atomic mass is 9.86. The molecule has 0 aliphatic rings. The van der Waals surface area contributed by atoms with Gasteiger partial charge in [0.2, 0.25) is 0 Å². The zero-order chi connectivity index (χ0) is 20.8. The second-order valence-electron chi connectivity index (χ2n) is 9.56. The Morgan fingerprint density at radius 1 is 0.821 bits per heavy atom. The highest BCUT2D eigenvalue weighted by Crippen LogP contribution is 2.37. The van der Waals surface area contributed by atoms with Crippen molar-refractivity contribution in [3.8, 4) is 5.75 Å². The number of ether oxygens (including phenoxy) is 1. The number of nitrogens with zero attached hydrogens (tertiary/aromatic N) is 1. The van der Waals surface area contributed by atoms with E-state index >= 15 is 0 Å². The van der Waals surface area contributed by atoms with Crippen LogP contribution in [0.4, 0.5) is 0 Å². The van der Waals surface area contributed by atoms with E-state index in [1.165, 1.54) is 11.1 Å². The highest BCUT2D eigenvalue weighted by Gasteiger charge is 2.45. The Morgan fingerprint density at radius 3 is 1.89 bits per heavy atom. The normalized spacial score (nSPS) is 12.6. The Morgan fingerprint density at radius 2 is 1.36 bits per heavy atom. The van der Waals surface area contributed by atoms with Gasteiger partial charge in [0.15, 0.2) is 0 Å². The van der Waals surface area contributed by atoms with Gasteiger partial charge in [-0.3, -0.25) is 0 Å². The van der Waals surface area contributed by atoms with Crippen molar-refractivity contribution in [3.05, 3.63) is 65.7 Å². The molecule has 0 N–H and O–H groups in total. The predicted molar refractivity (Wildman–Crippen MR) is 121 cm³/mol. The largest absolute Gasteiger partial charge is 0.487 e. The standard InChI is InChI=1S/C26H40NO/c1-21(2)19-27(20-22(3)4,26(6,7)24-14-9-8-10-15-24)17-18-28-25-16-12-11-13-23(25)5/h8-16,21-22H,17-20H2,1-7H3/q+1. The average Bonchev–Trinajstić information content (AvgIpc) is 2.62. The monoisotopic (exact) mass is 382 g/mol. The minimum atomic E-state index is 0.0187. The maximum absolute atomic E-state index is 6.27. The SMILES string of the molecule is Cc1ccccc1OCC[N+](CC(C)C)(CC(C)C)C(C)(C)c1ccccc1. The van der Waals surface area contributed by atoms with E-state index in [1.54, 1.807) is 0 Å². The first kappa shape index (κ1) is 22.5. The molecule has 2 aromatic carbocycles. The number of hydrogen-bond donors (Lipinski definition) is 0. The number of quaternary nitrogens is 1. The molecule has 2 heteroatoms. The summed E-state index contributed by atoms with van der Waals surface area (Å²) >= 11 is 0. The van der Waals surface area contributed by atoms with E-state index in [0.717, 1.165) is 36.5 Å². The first-order chi connectivity index (χ1) is 13.2. The third-order valence-corrected chi connectivity index (χ3v) is 5.97. The van der Waals surface area contributed by atoms with Crippen LogP contribution in [0.5, 0.6) is 5.75 Å². The summed E-state index contributed by atoms with van der Waals surface area (Å²) in [5, 5.41) is 0. The number of benzene rings is 2. The molecule has 0 radical (unpaired) electrons. The van der Waals surface area contributed by atoms with E-state index in [0.29, 0.717) is 11.8 Å². The molecular weight excluding hydrogens is 342 g/mol. The molecule has 0 amide bonds. The van der Waals surface area contributed by atoms with Gasteiger partial charge in [0.05, 0.1) is 13.1 Å². The fraction of sp³-hybridized carbons (Fsp3) is 0.538. The second-order valence-corrected chi connectivity index (χ2v) is 9.56. The minimum Gasteiger partial charge on any atom is -0.487 e. The third-order valence-electron chi connectivity index (χ3n) is 5.97. The first-order valence-electron chi connectivity index (χ1n) is 10.8. The van der Waals surface area contributed by atoms with E-state index < -0.39 is 0 Å². The van der Waals surface area contributed by atoms with Gasteiger partial charge in [-0.2, -0.15) is 0 Å². The molecule has 0 spiro atoms. The number of rotatable bonds is 10. The van der Waals surface area contributed by atoms with Crippen molar-refractivity contribution in [3.63, 3.8) is 0 Å². The maximum Gasteiger partial charge on any atom is 0.137 e. The predicted octanol–water partition coefficient (Wildman–Crippen LogP) is 6.44. The van der Waals surface area contributed by atoms with Crippen molar-refractivity contribution in [2.24, 2.45) is 11.8 Å².